The highest BCUT2D eigenvalue weighted by Crippen LogP contribution is 2.20. The fourth-order valence-electron chi connectivity index (χ4n) is 3.60. The average molecular weight is 335 g/mol. The summed E-state index contributed by atoms with van der Waals surface area (Å²) < 4.78 is 7.31. The summed E-state index contributed by atoms with van der Waals surface area (Å²) in [6, 6.07) is 0.282. The first-order chi connectivity index (χ1) is 11.7. The van der Waals surface area contributed by atoms with Crippen LogP contribution in [-0.4, -0.2) is 66.1 Å². The molecule has 3 heterocycles. The van der Waals surface area contributed by atoms with E-state index in [1.807, 2.05) is 35.9 Å². The number of carbonyl (C=O) groups is 1. The van der Waals surface area contributed by atoms with Gasteiger partial charge in [-0.15, -0.1) is 0 Å². The normalized spacial score (nSPS) is 24.4. The van der Waals surface area contributed by atoms with Crippen molar-refractivity contribution in [3.63, 3.8) is 0 Å². The van der Waals surface area contributed by atoms with E-state index < -0.39 is 0 Å². The molecule has 0 unspecified atom stereocenters. The van der Waals surface area contributed by atoms with Crippen molar-refractivity contribution in [1.29, 1.82) is 0 Å². The van der Waals surface area contributed by atoms with E-state index in [4.69, 9.17) is 4.74 Å². The van der Waals surface area contributed by atoms with Gasteiger partial charge in [-0.05, 0) is 26.2 Å². The van der Waals surface area contributed by atoms with E-state index in [-0.39, 0.29) is 12.1 Å². The maximum absolute atomic E-state index is 12.5. The zero-order chi connectivity index (χ0) is 16.9. The highest BCUT2D eigenvalue weighted by Gasteiger charge is 2.29. The highest BCUT2D eigenvalue weighted by atomic mass is 16.5. The maximum atomic E-state index is 12.5. The number of aryl methyl sites for hydroxylation is 1. The second kappa shape index (κ2) is 7.88. The number of nitrogens with zero attached hydrogens (tertiary/aromatic N) is 4. The third-order valence-corrected chi connectivity index (χ3v) is 4.94. The van der Waals surface area contributed by atoms with E-state index in [0.717, 1.165) is 64.3 Å². The van der Waals surface area contributed by atoms with Crippen molar-refractivity contribution in [1.82, 2.24) is 20.0 Å². The minimum absolute atomic E-state index is 0.0760. The Morgan fingerprint density at radius 2 is 2.25 bits per heavy atom. The fourth-order valence-corrected chi connectivity index (χ4v) is 3.60. The van der Waals surface area contributed by atoms with Gasteiger partial charge >= 0.3 is 6.03 Å². The average Bonchev–Trinajstić information content (AvgIpc) is 3.22. The molecule has 1 N–H and O–H groups in total. The summed E-state index contributed by atoms with van der Waals surface area (Å²) in [6.07, 6.45) is 7.09. The van der Waals surface area contributed by atoms with Crippen molar-refractivity contribution >= 4 is 11.7 Å². The van der Waals surface area contributed by atoms with Gasteiger partial charge < -0.3 is 19.9 Å². The van der Waals surface area contributed by atoms with Gasteiger partial charge in [0.1, 0.15) is 0 Å². The monoisotopic (exact) mass is 335 g/mol. The van der Waals surface area contributed by atoms with Crippen LogP contribution in [0.4, 0.5) is 10.5 Å². The lowest BCUT2D eigenvalue weighted by Gasteiger charge is -2.34. The Morgan fingerprint density at radius 3 is 3.00 bits per heavy atom. The van der Waals surface area contributed by atoms with Crippen molar-refractivity contribution in [2.24, 2.45) is 13.0 Å². The lowest BCUT2D eigenvalue weighted by Crippen LogP contribution is -2.51. The van der Waals surface area contributed by atoms with Gasteiger partial charge in [0.25, 0.3) is 0 Å². The van der Waals surface area contributed by atoms with Crippen LogP contribution in [0.2, 0.25) is 0 Å². The van der Waals surface area contributed by atoms with Crippen LogP contribution in [-0.2, 0) is 11.8 Å². The van der Waals surface area contributed by atoms with Gasteiger partial charge in [-0.1, -0.05) is 0 Å². The Kier molecular flexibility index (Phi) is 5.60. The van der Waals surface area contributed by atoms with E-state index in [1.54, 1.807) is 0 Å². The van der Waals surface area contributed by atoms with Crippen molar-refractivity contribution < 1.29 is 9.53 Å². The van der Waals surface area contributed by atoms with Gasteiger partial charge in [-0.25, -0.2) is 4.79 Å². The third-order valence-electron chi connectivity index (χ3n) is 4.94. The standard InChI is InChI=1S/C17H29N5O2/c1-3-24-13-14-6-8-22(10-14)17(23)19-15-5-4-7-21(11-15)16-9-18-20(2)12-16/h9,12,14-15H,3-8,10-11,13H2,1-2H3,(H,19,23)/t14-,15+/m1/s1. The molecule has 24 heavy (non-hydrogen) atoms. The molecule has 0 bridgehead atoms. The van der Waals surface area contributed by atoms with Crippen LogP contribution < -0.4 is 10.2 Å². The van der Waals surface area contributed by atoms with Gasteiger partial charge in [0.2, 0.25) is 0 Å². The molecule has 2 aliphatic rings. The number of ether oxygens (including phenoxy) is 1. The minimum atomic E-state index is 0.0760. The SMILES string of the molecule is CCOC[C@@H]1CCN(C(=O)N[C@H]2CCCN(c3cnn(C)c3)C2)C1. The Morgan fingerprint density at radius 1 is 1.38 bits per heavy atom. The summed E-state index contributed by atoms with van der Waals surface area (Å²) in [4.78, 5) is 16.8. The summed E-state index contributed by atoms with van der Waals surface area (Å²) in [7, 11) is 1.93. The molecule has 1 aromatic rings. The number of hydrogen-bond acceptors (Lipinski definition) is 4. The molecule has 0 radical (unpaired) electrons. The minimum Gasteiger partial charge on any atom is -0.381 e. The molecule has 2 atom stereocenters. The topological polar surface area (TPSA) is 62.6 Å². The molecule has 2 amide bonds. The Hall–Kier alpha value is -1.76. The first-order valence-electron chi connectivity index (χ1n) is 9.02. The van der Waals surface area contributed by atoms with Gasteiger partial charge in [0.15, 0.2) is 0 Å². The Bertz CT molecular complexity index is 547. The molecule has 1 aromatic heterocycles. The van der Waals surface area contributed by atoms with Crippen LogP contribution in [0.15, 0.2) is 12.4 Å². The molecule has 0 saturated carbocycles. The molecule has 0 aliphatic carbocycles. The number of carbonyl (C=O) groups excluding carboxylic acids is 1. The number of hydrogen-bond donors (Lipinski definition) is 1. The van der Waals surface area contributed by atoms with Gasteiger partial charge in [0, 0.05) is 58.0 Å². The predicted octanol–water partition coefficient (Wildman–Crippen LogP) is 1.46. The number of rotatable bonds is 5. The molecule has 134 valence electrons. The van der Waals surface area contributed by atoms with Crippen LogP contribution in [0, 0.1) is 5.92 Å². The second-order valence-corrected chi connectivity index (χ2v) is 6.87. The molecule has 7 heteroatoms. The molecule has 0 spiro atoms. The molecule has 7 nitrogen and oxygen atoms in total. The summed E-state index contributed by atoms with van der Waals surface area (Å²) in [5.41, 5.74) is 1.13. The molecule has 2 saturated heterocycles. The van der Waals surface area contributed by atoms with E-state index in [2.05, 4.69) is 15.3 Å². The molecule has 3 rings (SSSR count). The van der Waals surface area contributed by atoms with Crippen molar-refractivity contribution in [3.05, 3.63) is 12.4 Å². The summed E-state index contributed by atoms with van der Waals surface area (Å²) in [5, 5.41) is 7.46. The number of anilines is 1. The predicted molar refractivity (Wildman–Crippen MR) is 93.1 cm³/mol. The van der Waals surface area contributed by atoms with Crippen LogP contribution in [0.25, 0.3) is 0 Å². The molecular weight excluding hydrogens is 306 g/mol. The number of likely N-dealkylation sites (tertiary alicyclic amines) is 1. The zero-order valence-corrected chi connectivity index (χ0v) is 14.8. The lowest BCUT2D eigenvalue weighted by molar-refractivity contribution is 0.113. The molecular formula is C17H29N5O2. The maximum Gasteiger partial charge on any atom is 0.317 e. The van der Waals surface area contributed by atoms with Crippen LogP contribution >= 0.6 is 0 Å². The lowest BCUT2D eigenvalue weighted by atomic mass is 10.1. The van der Waals surface area contributed by atoms with Gasteiger partial charge in [-0.2, -0.15) is 5.10 Å². The number of amides is 2. The van der Waals surface area contributed by atoms with E-state index in [1.165, 1.54) is 0 Å². The van der Waals surface area contributed by atoms with E-state index in [0.29, 0.717) is 5.92 Å². The quantitative estimate of drug-likeness (QED) is 0.885. The van der Waals surface area contributed by atoms with Crippen molar-refractivity contribution in [2.75, 3.05) is 44.3 Å². The Labute approximate surface area is 143 Å². The molecule has 2 fully saturated rings. The fraction of sp³-hybridized carbons (Fsp3) is 0.765. The van der Waals surface area contributed by atoms with Gasteiger partial charge in [0.05, 0.1) is 18.5 Å². The van der Waals surface area contributed by atoms with Crippen LogP contribution in [0.5, 0.6) is 0 Å². The van der Waals surface area contributed by atoms with E-state index >= 15 is 0 Å². The largest absolute Gasteiger partial charge is 0.381 e. The van der Waals surface area contributed by atoms with E-state index in [9.17, 15) is 4.79 Å². The number of aromatic nitrogens is 2. The number of piperidine rings is 1. The third kappa shape index (κ3) is 4.20. The summed E-state index contributed by atoms with van der Waals surface area (Å²) >= 11 is 0. The number of urea groups is 1. The Balaban J connectivity index is 1.48. The van der Waals surface area contributed by atoms with Gasteiger partial charge in [-0.3, -0.25) is 4.68 Å². The first kappa shape index (κ1) is 17.1. The second-order valence-electron chi connectivity index (χ2n) is 6.87. The summed E-state index contributed by atoms with van der Waals surface area (Å²) in [5.74, 6) is 0.481. The smallest absolute Gasteiger partial charge is 0.317 e. The van der Waals surface area contributed by atoms with Crippen LogP contribution in [0.1, 0.15) is 26.2 Å². The molecule has 0 aromatic carbocycles. The summed E-state index contributed by atoms with van der Waals surface area (Å²) in [6.45, 7) is 7.04. The zero-order valence-electron chi connectivity index (χ0n) is 14.8. The van der Waals surface area contributed by atoms with Crippen LogP contribution in [0.3, 0.4) is 0 Å². The number of nitrogens with one attached hydrogen (secondary N) is 1. The van der Waals surface area contributed by atoms with Crippen molar-refractivity contribution in [3.8, 4) is 0 Å². The van der Waals surface area contributed by atoms with Crippen molar-refractivity contribution in [2.45, 2.75) is 32.2 Å². The highest BCUT2D eigenvalue weighted by molar-refractivity contribution is 5.75. The molecule has 2 aliphatic heterocycles. The first-order valence-corrected chi connectivity index (χ1v) is 9.02.